The van der Waals surface area contributed by atoms with Crippen molar-refractivity contribution in [1.29, 1.82) is 0 Å². The lowest BCUT2D eigenvalue weighted by Crippen LogP contribution is -2.51. The molecule has 0 amide bonds. The summed E-state index contributed by atoms with van der Waals surface area (Å²) in [4.78, 5) is 11.9. The molecule has 0 N–H and O–H groups in total. The van der Waals surface area contributed by atoms with Crippen molar-refractivity contribution in [2.24, 2.45) is 0 Å². The molecule has 1 aliphatic rings. The Kier molecular flexibility index (Phi) is 4.37. The lowest BCUT2D eigenvalue weighted by Gasteiger charge is -2.36. The van der Waals surface area contributed by atoms with Gasteiger partial charge < -0.3 is 9.22 Å². The molecule has 1 aliphatic heterocycles. The summed E-state index contributed by atoms with van der Waals surface area (Å²) in [5, 5.41) is 0. The smallest absolute Gasteiger partial charge is 0.362 e. The Bertz CT molecular complexity index is 383. The molecule has 1 aromatic carbocycles. The summed E-state index contributed by atoms with van der Waals surface area (Å²) in [5.41, 5.74) is 1.05. The predicted octanol–water partition coefficient (Wildman–Crippen LogP) is 2.36. The van der Waals surface area contributed by atoms with Gasteiger partial charge in [-0.1, -0.05) is 30.3 Å². The van der Waals surface area contributed by atoms with Gasteiger partial charge in [0.15, 0.2) is 6.54 Å². The highest BCUT2D eigenvalue weighted by atomic mass is 16.5. The number of ether oxygens (including phenoxy) is 1. The van der Waals surface area contributed by atoms with Gasteiger partial charge in [0.1, 0.15) is 6.61 Å². The summed E-state index contributed by atoms with van der Waals surface area (Å²) < 4.78 is 6.18. The number of esters is 1. The molecule has 0 aliphatic carbocycles. The molecular weight excluding hydrogens is 226 g/mol. The largest absolute Gasteiger partial charge is 0.457 e. The minimum atomic E-state index is -0.0803. The molecule has 3 heteroatoms. The third-order valence-corrected chi connectivity index (χ3v) is 3.65. The van der Waals surface area contributed by atoms with Crippen LogP contribution >= 0.6 is 0 Å². The summed E-state index contributed by atoms with van der Waals surface area (Å²) >= 11 is 0. The molecular formula is C15H22NO2+. The molecule has 1 heterocycles. The zero-order valence-corrected chi connectivity index (χ0v) is 11.1. The van der Waals surface area contributed by atoms with Crippen LogP contribution in [0.25, 0.3) is 0 Å². The fourth-order valence-corrected chi connectivity index (χ4v) is 2.53. The van der Waals surface area contributed by atoms with Gasteiger partial charge in [-0.15, -0.1) is 0 Å². The monoisotopic (exact) mass is 248 g/mol. The zero-order valence-electron chi connectivity index (χ0n) is 11.1. The Morgan fingerprint density at radius 1 is 1.17 bits per heavy atom. The molecule has 98 valence electrons. The highest BCUT2D eigenvalue weighted by Crippen LogP contribution is 2.16. The van der Waals surface area contributed by atoms with Crippen LogP contribution in [-0.4, -0.2) is 37.1 Å². The van der Waals surface area contributed by atoms with E-state index >= 15 is 0 Å². The molecule has 0 bridgehead atoms. The lowest BCUT2D eigenvalue weighted by molar-refractivity contribution is -0.907. The van der Waals surface area contributed by atoms with Crippen molar-refractivity contribution in [1.82, 2.24) is 0 Å². The van der Waals surface area contributed by atoms with Crippen molar-refractivity contribution in [2.45, 2.75) is 25.9 Å². The van der Waals surface area contributed by atoms with Crippen LogP contribution in [0.3, 0.4) is 0 Å². The van der Waals surface area contributed by atoms with E-state index in [9.17, 15) is 4.79 Å². The summed E-state index contributed by atoms with van der Waals surface area (Å²) in [5.74, 6) is -0.0803. The third kappa shape index (κ3) is 3.84. The molecule has 0 spiro atoms. The number of benzene rings is 1. The molecule has 1 aromatic rings. The minimum absolute atomic E-state index is 0.0803. The number of carbonyl (C=O) groups is 1. The summed E-state index contributed by atoms with van der Waals surface area (Å²) in [6, 6.07) is 9.84. The van der Waals surface area contributed by atoms with Gasteiger partial charge in [0, 0.05) is 0 Å². The third-order valence-electron chi connectivity index (χ3n) is 3.65. The second-order valence-electron chi connectivity index (χ2n) is 5.43. The molecule has 0 aromatic heterocycles. The fraction of sp³-hybridized carbons (Fsp3) is 0.533. The summed E-state index contributed by atoms with van der Waals surface area (Å²) in [7, 11) is 2.16. The molecule has 18 heavy (non-hydrogen) atoms. The first kappa shape index (κ1) is 13.1. The number of piperidine rings is 1. The maximum Gasteiger partial charge on any atom is 0.362 e. The Hall–Kier alpha value is -1.35. The number of carbonyl (C=O) groups excluding carboxylic acids is 1. The molecule has 0 radical (unpaired) electrons. The van der Waals surface area contributed by atoms with Gasteiger partial charge in [0.25, 0.3) is 0 Å². The first-order valence-electron chi connectivity index (χ1n) is 6.71. The van der Waals surface area contributed by atoms with Crippen LogP contribution in [0, 0.1) is 0 Å². The van der Waals surface area contributed by atoms with E-state index in [0.717, 1.165) is 23.1 Å². The Morgan fingerprint density at radius 3 is 2.50 bits per heavy atom. The number of quaternary nitrogens is 1. The maximum absolute atomic E-state index is 11.9. The van der Waals surface area contributed by atoms with Gasteiger partial charge in [-0.3, -0.25) is 0 Å². The Morgan fingerprint density at radius 2 is 1.83 bits per heavy atom. The SMILES string of the molecule is C[N+]1(CC(=O)OCc2ccccc2)CCCCC1. The van der Waals surface area contributed by atoms with Gasteiger partial charge >= 0.3 is 5.97 Å². The van der Waals surface area contributed by atoms with Crippen LogP contribution in [0.2, 0.25) is 0 Å². The van der Waals surface area contributed by atoms with Gasteiger partial charge in [-0.05, 0) is 24.8 Å². The molecule has 1 fully saturated rings. The average Bonchev–Trinajstić information content (AvgIpc) is 2.38. The average molecular weight is 248 g/mol. The van der Waals surface area contributed by atoms with Crippen LogP contribution in [0.1, 0.15) is 24.8 Å². The van der Waals surface area contributed by atoms with Crippen LogP contribution in [-0.2, 0) is 16.1 Å². The first-order chi connectivity index (χ1) is 8.68. The van der Waals surface area contributed by atoms with Gasteiger partial charge in [-0.25, -0.2) is 4.79 Å². The van der Waals surface area contributed by atoms with E-state index in [0.29, 0.717) is 13.2 Å². The van der Waals surface area contributed by atoms with Gasteiger partial charge in [0.2, 0.25) is 0 Å². The van der Waals surface area contributed by atoms with E-state index in [1.165, 1.54) is 19.3 Å². The second kappa shape index (κ2) is 6.01. The predicted molar refractivity (Wildman–Crippen MR) is 70.9 cm³/mol. The van der Waals surface area contributed by atoms with E-state index in [-0.39, 0.29) is 5.97 Å². The van der Waals surface area contributed by atoms with Crippen LogP contribution in [0.15, 0.2) is 30.3 Å². The first-order valence-corrected chi connectivity index (χ1v) is 6.71. The van der Waals surface area contributed by atoms with Crippen molar-refractivity contribution in [3.63, 3.8) is 0 Å². The normalized spacial score (nSPS) is 18.3. The molecule has 1 saturated heterocycles. The maximum atomic E-state index is 11.9. The molecule has 3 nitrogen and oxygen atoms in total. The number of likely N-dealkylation sites (tertiary alicyclic amines) is 1. The highest BCUT2D eigenvalue weighted by Gasteiger charge is 2.28. The van der Waals surface area contributed by atoms with E-state index in [1.54, 1.807) is 0 Å². The molecule has 0 atom stereocenters. The number of hydrogen-bond donors (Lipinski definition) is 0. The molecule has 0 saturated carbocycles. The van der Waals surface area contributed by atoms with Crippen molar-refractivity contribution in [3.05, 3.63) is 35.9 Å². The molecule has 2 rings (SSSR count). The second-order valence-corrected chi connectivity index (χ2v) is 5.43. The van der Waals surface area contributed by atoms with Crippen molar-refractivity contribution >= 4 is 5.97 Å². The Labute approximate surface area is 109 Å². The van der Waals surface area contributed by atoms with Gasteiger partial charge in [-0.2, -0.15) is 0 Å². The molecule has 0 unspecified atom stereocenters. The van der Waals surface area contributed by atoms with Crippen LogP contribution < -0.4 is 0 Å². The summed E-state index contributed by atoms with van der Waals surface area (Å²) in [6.45, 7) is 3.09. The summed E-state index contributed by atoms with van der Waals surface area (Å²) in [6.07, 6.45) is 3.75. The number of hydrogen-bond acceptors (Lipinski definition) is 2. The number of likely N-dealkylation sites (N-methyl/N-ethyl adjacent to an activating group) is 1. The van der Waals surface area contributed by atoms with E-state index in [1.807, 2.05) is 30.3 Å². The zero-order chi connectivity index (χ0) is 12.8. The quantitative estimate of drug-likeness (QED) is 0.604. The van der Waals surface area contributed by atoms with Crippen molar-refractivity contribution < 1.29 is 14.0 Å². The van der Waals surface area contributed by atoms with Crippen LogP contribution in [0.5, 0.6) is 0 Å². The van der Waals surface area contributed by atoms with Gasteiger partial charge in [0.05, 0.1) is 20.1 Å². The number of rotatable bonds is 4. The van der Waals surface area contributed by atoms with Crippen molar-refractivity contribution in [2.75, 3.05) is 26.7 Å². The topological polar surface area (TPSA) is 26.3 Å². The van der Waals surface area contributed by atoms with Crippen molar-refractivity contribution in [3.8, 4) is 0 Å². The lowest BCUT2D eigenvalue weighted by atomic mass is 10.1. The Balaban J connectivity index is 1.78. The van der Waals surface area contributed by atoms with E-state index in [4.69, 9.17) is 4.74 Å². The number of nitrogens with zero attached hydrogens (tertiary/aromatic N) is 1. The standard InChI is InChI=1S/C15H22NO2/c1-16(10-6-3-7-11-16)12-15(17)18-13-14-8-4-2-5-9-14/h2,4-5,8-9H,3,6-7,10-13H2,1H3/q+1. The highest BCUT2D eigenvalue weighted by molar-refractivity contribution is 5.70. The van der Waals surface area contributed by atoms with Crippen LogP contribution in [0.4, 0.5) is 0 Å². The van der Waals surface area contributed by atoms with E-state index in [2.05, 4.69) is 7.05 Å². The minimum Gasteiger partial charge on any atom is -0.457 e. The van der Waals surface area contributed by atoms with E-state index < -0.39 is 0 Å². The fourth-order valence-electron chi connectivity index (χ4n) is 2.53.